The Labute approximate surface area is 109 Å². The third-order valence-electron chi connectivity index (χ3n) is 2.43. The van der Waals surface area contributed by atoms with Crippen LogP contribution in [0.1, 0.15) is 0 Å². The second kappa shape index (κ2) is 3.49. The Bertz CT molecular complexity index is 601. The van der Waals surface area contributed by atoms with Crippen LogP contribution in [-0.4, -0.2) is 0 Å². The minimum atomic E-state index is 0.927. The quantitative estimate of drug-likeness (QED) is 0.509. The monoisotopic (exact) mass is 372 g/mol. The van der Waals surface area contributed by atoms with Gasteiger partial charge in [0, 0.05) is 10.8 Å². The fourth-order valence-corrected chi connectivity index (χ4v) is 2.81. The molecule has 0 aliphatic heterocycles. The molecule has 0 saturated heterocycles. The Balaban J connectivity index is 2.63. The Kier molecular flexibility index (Phi) is 2.25. The Morgan fingerprint density at radius 3 is 2.40 bits per heavy atom. The lowest BCUT2D eigenvalue weighted by Crippen LogP contribution is -1.70. The molecule has 1 heterocycles. The summed E-state index contributed by atoms with van der Waals surface area (Å²) in [5.74, 6) is 0. The predicted octanol–water partition coefficient (Wildman–Crippen LogP) is 4.95. The van der Waals surface area contributed by atoms with Gasteiger partial charge in [-0.3, -0.25) is 0 Å². The molecular formula is C12H6BrIO. The van der Waals surface area contributed by atoms with Crippen LogP contribution in [0.25, 0.3) is 21.9 Å². The van der Waals surface area contributed by atoms with Gasteiger partial charge in [0.05, 0.1) is 8.04 Å². The highest BCUT2D eigenvalue weighted by atomic mass is 127. The van der Waals surface area contributed by atoms with Gasteiger partial charge in [-0.25, -0.2) is 0 Å². The number of furan rings is 1. The molecule has 0 aliphatic rings. The molecule has 0 amide bonds. The Morgan fingerprint density at radius 2 is 1.60 bits per heavy atom. The molecule has 0 saturated carbocycles. The molecule has 0 radical (unpaired) electrons. The van der Waals surface area contributed by atoms with Crippen LogP contribution in [0, 0.1) is 3.57 Å². The molecule has 0 unspecified atom stereocenters. The zero-order valence-corrected chi connectivity index (χ0v) is 11.4. The molecule has 3 heteroatoms. The SMILES string of the molecule is Brc1cccc2c1oc1c(I)cccc12. The smallest absolute Gasteiger partial charge is 0.149 e. The maximum absolute atomic E-state index is 5.86. The van der Waals surface area contributed by atoms with Gasteiger partial charge >= 0.3 is 0 Å². The van der Waals surface area contributed by atoms with Crippen LogP contribution >= 0.6 is 38.5 Å². The predicted molar refractivity (Wildman–Crippen MR) is 74.1 cm³/mol. The lowest BCUT2D eigenvalue weighted by Gasteiger charge is -1.90. The molecule has 0 atom stereocenters. The van der Waals surface area contributed by atoms with Gasteiger partial charge in [0.15, 0.2) is 0 Å². The summed E-state index contributed by atoms with van der Waals surface area (Å²) in [6.45, 7) is 0. The first kappa shape index (κ1) is 9.66. The molecule has 0 aliphatic carbocycles. The number of hydrogen-bond acceptors (Lipinski definition) is 1. The zero-order chi connectivity index (χ0) is 10.4. The van der Waals surface area contributed by atoms with Crippen LogP contribution in [0.4, 0.5) is 0 Å². The fraction of sp³-hybridized carbons (Fsp3) is 0. The van der Waals surface area contributed by atoms with Gasteiger partial charge in [-0.2, -0.15) is 0 Å². The molecule has 2 aromatic carbocycles. The molecule has 0 bridgehead atoms. The third kappa shape index (κ3) is 1.40. The summed E-state index contributed by atoms with van der Waals surface area (Å²) in [5, 5.41) is 2.34. The van der Waals surface area contributed by atoms with E-state index in [0.29, 0.717) is 0 Å². The van der Waals surface area contributed by atoms with E-state index in [1.54, 1.807) is 0 Å². The van der Waals surface area contributed by atoms with Gasteiger partial charge in [-0.1, -0.05) is 24.3 Å². The van der Waals surface area contributed by atoms with E-state index in [1.807, 2.05) is 12.1 Å². The number of para-hydroxylation sites is 2. The van der Waals surface area contributed by atoms with Crippen LogP contribution in [-0.2, 0) is 0 Å². The molecule has 0 N–H and O–H groups in total. The summed E-state index contributed by atoms with van der Waals surface area (Å²) in [7, 11) is 0. The van der Waals surface area contributed by atoms with Crippen LogP contribution in [0.15, 0.2) is 45.3 Å². The lowest BCUT2D eigenvalue weighted by molar-refractivity contribution is 0.664. The standard InChI is InChI=1S/C12H6BrIO/c13-9-5-1-3-7-8-4-2-6-10(14)12(8)15-11(7)9/h1-6H. The normalized spacial score (nSPS) is 11.3. The number of halogens is 2. The summed E-state index contributed by atoms with van der Waals surface area (Å²) >= 11 is 5.80. The lowest BCUT2D eigenvalue weighted by atomic mass is 10.2. The van der Waals surface area contributed by atoms with Gasteiger partial charge in [0.1, 0.15) is 11.2 Å². The van der Waals surface area contributed by atoms with Gasteiger partial charge < -0.3 is 4.42 Å². The maximum Gasteiger partial charge on any atom is 0.149 e. The summed E-state index contributed by atoms with van der Waals surface area (Å²) in [4.78, 5) is 0. The van der Waals surface area contributed by atoms with Crippen molar-refractivity contribution in [1.29, 1.82) is 0 Å². The Hall–Kier alpha value is -0.550. The van der Waals surface area contributed by atoms with Crippen molar-refractivity contribution < 1.29 is 4.42 Å². The fourth-order valence-electron chi connectivity index (χ4n) is 1.75. The van der Waals surface area contributed by atoms with E-state index in [1.165, 1.54) is 5.39 Å². The van der Waals surface area contributed by atoms with E-state index in [9.17, 15) is 0 Å². The minimum absolute atomic E-state index is 0.927. The number of fused-ring (bicyclic) bond motifs is 3. The van der Waals surface area contributed by atoms with Crippen molar-refractivity contribution in [3.8, 4) is 0 Å². The largest absolute Gasteiger partial charge is 0.454 e. The van der Waals surface area contributed by atoms with Crippen LogP contribution in [0.5, 0.6) is 0 Å². The van der Waals surface area contributed by atoms with E-state index < -0.39 is 0 Å². The van der Waals surface area contributed by atoms with Crippen molar-refractivity contribution in [2.45, 2.75) is 0 Å². The van der Waals surface area contributed by atoms with Crippen LogP contribution in [0.3, 0.4) is 0 Å². The average Bonchev–Trinajstić information content (AvgIpc) is 2.60. The van der Waals surface area contributed by atoms with Crippen molar-refractivity contribution in [1.82, 2.24) is 0 Å². The van der Waals surface area contributed by atoms with E-state index >= 15 is 0 Å². The molecule has 0 fully saturated rings. The topological polar surface area (TPSA) is 13.1 Å². The van der Waals surface area contributed by atoms with Crippen LogP contribution in [0.2, 0.25) is 0 Å². The van der Waals surface area contributed by atoms with Gasteiger partial charge in [0.2, 0.25) is 0 Å². The molecule has 1 nitrogen and oxygen atoms in total. The van der Waals surface area contributed by atoms with Gasteiger partial charge in [-0.15, -0.1) is 0 Å². The molecular weight excluding hydrogens is 367 g/mol. The van der Waals surface area contributed by atoms with Crippen molar-refractivity contribution in [3.63, 3.8) is 0 Å². The molecule has 1 aromatic heterocycles. The van der Waals surface area contributed by atoms with Crippen molar-refractivity contribution in [3.05, 3.63) is 44.4 Å². The first-order valence-electron chi connectivity index (χ1n) is 4.52. The van der Waals surface area contributed by atoms with Gasteiger partial charge in [-0.05, 0) is 50.7 Å². The van der Waals surface area contributed by atoms with E-state index in [-0.39, 0.29) is 0 Å². The second-order valence-corrected chi connectivity index (χ2v) is 5.35. The van der Waals surface area contributed by atoms with Crippen molar-refractivity contribution >= 4 is 60.5 Å². The van der Waals surface area contributed by atoms with Gasteiger partial charge in [0.25, 0.3) is 0 Å². The third-order valence-corrected chi connectivity index (χ3v) is 3.90. The van der Waals surface area contributed by atoms with E-state index in [2.05, 4.69) is 62.8 Å². The highest BCUT2D eigenvalue weighted by Gasteiger charge is 2.10. The summed E-state index contributed by atoms with van der Waals surface area (Å²) in [6, 6.07) is 12.3. The molecule has 74 valence electrons. The zero-order valence-electron chi connectivity index (χ0n) is 7.63. The van der Waals surface area contributed by atoms with E-state index in [0.717, 1.165) is 24.6 Å². The molecule has 15 heavy (non-hydrogen) atoms. The average molecular weight is 373 g/mol. The second-order valence-electron chi connectivity index (χ2n) is 3.34. The molecule has 3 rings (SSSR count). The maximum atomic E-state index is 5.86. The van der Waals surface area contributed by atoms with Crippen LogP contribution < -0.4 is 0 Å². The minimum Gasteiger partial charge on any atom is -0.454 e. The number of hydrogen-bond donors (Lipinski definition) is 0. The highest BCUT2D eigenvalue weighted by Crippen LogP contribution is 2.34. The van der Waals surface area contributed by atoms with E-state index in [4.69, 9.17) is 4.42 Å². The van der Waals surface area contributed by atoms with Crippen molar-refractivity contribution in [2.75, 3.05) is 0 Å². The molecule has 0 spiro atoms. The summed E-state index contributed by atoms with van der Waals surface area (Å²) < 4.78 is 8.01. The first-order valence-corrected chi connectivity index (χ1v) is 6.40. The highest BCUT2D eigenvalue weighted by molar-refractivity contribution is 14.1. The first-order chi connectivity index (χ1) is 7.27. The number of rotatable bonds is 0. The van der Waals surface area contributed by atoms with Crippen molar-refractivity contribution in [2.24, 2.45) is 0 Å². The molecule has 3 aromatic rings. The number of benzene rings is 2. The summed E-state index contributed by atoms with van der Waals surface area (Å²) in [6.07, 6.45) is 0. The summed E-state index contributed by atoms with van der Waals surface area (Å²) in [5.41, 5.74) is 1.90. The Morgan fingerprint density at radius 1 is 0.933 bits per heavy atom.